The molecule has 1 aromatic rings. The molecule has 0 saturated heterocycles. The monoisotopic (exact) mass is 194 g/mol. The third-order valence-electron chi connectivity index (χ3n) is 2.61. The minimum Gasteiger partial charge on any atom is -0.472 e. The number of hydrogen-bond acceptors (Lipinski definition) is 3. The Balaban J connectivity index is 1.74. The third-order valence-corrected chi connectivity index (χ3v) is 2.61. The number of carbonyl (C=O) groups excluding carboxylic acids is 1. The van der Waals surface area contributed by atoms with Gasteiger partial charge >= 0.3 is 0 Å². The lowest BCUT2D eigenvalue weighted by atomic mass is 9.81. The van der Waals surface area contributed by atoms with Crippen molar-refractivity contribution in [2.24, 2.45) is 11.7 Å². The Kier molecular flexibility index (Phi) is 2.54. The molecule has 4 nitrogen and oxygen atoms in total. The molecule has 1 fully saturated rings. The summed E-state index contributed by atoms with van der Waals surface area (Å²) in [5.74, 6) is 0.486. The molecule has 1 saturated carbocycles. The average molecular weight is 194 g/mol. The van der Waals surface area contributed by atoms with Crippen LogP contribution in [0.3, 0.4) is 0 Å². The van der Waals surface area contributed by atoms with E-state index in [1.165, 1.54) is 12.5 Å². The molecule has 3 N–H and O–H groups in total. The van der Waals surface area contributed by atoms with Gasteiger partial charge in [-0.1, -0.05) is 0 Å². The van der Waals surface area contributed by atoms with Crippen molar-refractivity contribution in [2.45, 2.75) is 18.9 Å². The Morgan fingerprint density at radius 3 is 3.00 bits per heavy atom. The van der Waals surface area contributed by atoms with E-state index in [1.807, 2.05) is 0 Å². The minimum atomic E-state index is -0.0702. The van der Waals surface area contributed by atoms with Gasteiger partial charge in [-0.3, -0.25) is 4.79 Å². The maximum atomic E-state index is 11.4. The average Bonchev–Trinajstić information content (AvgIpc) is 2.62. The molecule has 0 unspecified atom stereocenters. The van der Waals surface area contributed by atoms with Crippen LogP contribution in [0.2, 0.25) is 0 Å². The molecule has 1 heterocycles. The van der Waals surface area contributed by atoms with Gasteiger partial charge in [-0.25, -0.2) is 0 Å². The summed E-state index contributed by atoms with van der Waals surface area (Å²) in [7, 11) is 0. The van der Waals surface area contributed by atoms with Crippen LogP contribution in [-0.2, 0) is 0 Å². The van der Waals surface area contributed by atoms with Crippen LogP contribution in [0.25, 0.3) is 0 Å². The lowest BCUT2D eigenvalue weighted by Crippen LogP contribution is -2.42. The quantitative estimate of drug-likeness (QED) is 0.746. The van der Waals surface area contributed by atoms with Crippen molar-refractivity contribution >= 4 is 5.91 Å². The Labute approximate surface area is 82.5 Å². The van der Waals surface area contributed by atoms with Crippen LogP contribution in [-0.4, -0.2) is 18.5 Å². The fourth-order valence-electron chi connectivity index (χ4n) is 1.69. The van der Waals surface area contributed by atoms with Crippen molar-refractivity contribution in [3.8, 4) is 0 Å². The van der Waals surface area contributed by atoms with E-state index in [0.717, 1.165) is 19.4 Å². The van der Waals surface area contributed by atoms with Crippen molar-refractivity contribution in [1.29, 1.82) is 0 Å². The van der Waals surface area contributed by atoms with Crippen molar-refractivity contribution < 1.29 is 9.21 Å². The summed E-state index contributed by atoms with van der Waals surface area (Å²) >= 11 is 0. The highest BCUT2D eigenvalue weighted by molar-refractivity contribution is 5.93. The molecule has 1 aliphatic carbocycles. The van der Waals surface area contributed by atoms with Crippen LogP contribution >= 0.6 is 0 Å². The first-order valence-corrected chi connectivity index (χ1v) is 4.81. The Morgan fingerprint density at radius 2 is 2.43 bits per heavy atom. The van der Waals surface area contributed by atoms with Gasteiger partial charge in [0.15, 0.2) is 0 Å². The molecular formula is C10H14N2O2. The number of nitrogens with two attached hydrogens (primary N) is 1. The van der Waals surface area contributed by atoms with Gasteiger partial charge in [-0.15, -0.1) is 0 Å². The van der Waals surface area contributed by atoms with Crippen LogP contribution in [0.15, 0.2) is 23.0 Å². The van der Waals surface area contributed by atoms with Gasteiger partial charge in [0.05, 0.1) is 11.8 Å². The number of furan rings is 1. The molecule has 0 bridgehead atoms. The number of rotatable bonds is 3. The molecule has 4 heteroatoms. The maximum Gasteiger partial charge on any atom is 0.254 e. The van der Waals surface area contributed by atoms with Gasteiger partial charge in [0.2, 0.25) is 0 Å². The normalized spacial score (nSPS) is 25.5. The predicted octanol–water partition coefficient (Wildman–Crippen LogP) is 0.747. The summed E-state index contributed by atoms with van der Waals surface area (Å²) in [5, 5.41) is 2.85. The van der Waals surface area contributed by atoms with Crippen LogP contribution < -0.4 is 11.1 Å². The molecule has 0 aromatic carbocycles. The molecule has 14 heavy (non-hydrogen) atoms. The van der Waals surface area contributed by atoms with E-state index < -0.39 is 0 Å². The SMILES string of the molecule is NC1CC(CNC(=O)c2ccoc2)C1. The summed E-state index contributed by atoms with van der Waals surface area (Å²) in [6, 6.07) is 1.99. The summed E-state index contributed by atoms with van der Waals surface area (Å²) in [6.07, 6.45) is 4.98. The van der Waals surface area contributed by atoms with E-state index in [-0.39, 0.29) is 5.91 Å². The highest BCUT2D eigenvalue weighted by Gasteiger charge is 2.25. The fraction of sp³-hybridized carbons (Fsp3) is 0.500. The van der Waals surface area contributed by atoms with Gasteiger partial charge in [0.25, 0.3) is 5.91 Å². The second-order valence-electron chi connectivity index (χ2n) is 3.82. The summed E-state index contributed by atoms with van der Waals surface area (Å²) in [6.45, 7) is 0.720. The zero-order valence-corrected chi connectivity index (χ0v) is 7.90. The highest BCUT2D eigenvalue weighted by Crippen LogP contribution is 2.24. The van der Waals surface area contributed by atoms with Gasteiger partial charge < -0.3 is 15.5 Å². The van der Waals surface area contributed by atoms with Crippen LogP contribution in [0, 0.1) is 5.92 Å². The maximum absolute atomic E-state index is 11.4. The molecule has 1 aliphatic rings. The number of amides is 1. The lowest BCUT2D eigenvalue weighted by molar-refractivity contribution is 0.0935. The third kappa shape index (κ3) is 1.96. The second kappa shape index (κ2) is 3.84. The molecule has 2 rings (SSSR count). The fourth-order valence-corrected chi connectivity index (χ4v) is 1.69. The zero-order valence-electron chi connectivity index (χ0n) is 7.90. The second-order valence-corrected chi connectivity index (χ2v) is 3.82. The summed E-state index contributed by atoms with van der Waals surface area (Å²) in [5.41, 5.74) is 6.22. The van der Waals surface area contributed by atoms with E-state index in [2.05, 4.69) is 5.32 Å². The van der Waals surface area contributed by atoms with E-state index in [4.69, 9.17) is 10.2 Å². The minimum absolute atomic E-state index is 0.0702. The number of nitrogens with one attached hydrogen (secondary N) is 1. The largest absolute Gasteiger partial charge is 0.472 e. The Morgan fingerprint density at radius 1 is 1.64 bits per heavy atom. The Bertz CT molecular complexity index is 302. The molecule has 0 aliphatic heterocycles. The number of hydrogen-bond donors (Lipinski definition) is 2. The van der Waals surface area contributed by atoms with Crippen molar-refractivity contribution in [2.75, 3.05) is 6.54 Å². The van der Waals surface area contributed by atoms with Gasteiger partial charge in [-0.05, 0) is 24.8 Å². The topological polar surface area (TPSA) is 68.3 Å². The standard InChI is InChI=1S/C10H14N2O2/c11-9-3-7(4-9)5-12-10(13)8-1-2-14-6-8/h1-2,6-7,9H,3-5,11H2,(H,12,13). The van der Waals surface area contributed by atoms with E-state index in [9.17, 15) is 4.79 Å². The Hall–Kier alpha value is -1.29. The molecular weight excluding hydrogens is 180 g/mol. The first-order chi connectivity index (χ1) is 6.75. The van der Waals surface area contributed by atoms with E-state index in [0.29, 0.717) is 17.5 Å². The molecule has 1 amide bonds. The van der Waals surface area contributed by atoms with Crippen molar-refractivity contribution in [1.82, 2.24) is 5.32 Å². The van der Waals surface area contributed by atoms with Gasteiger partial charge in [-0.2, -0.15) is 0 Å². The predicted molar refractivity (Wildman–Crippen MR) is 51.7 cm³/mol. The van der Waals surface area contributed by atoms with E-state index >= 15 is 0 Å². The molecule has 76 valence electrons. The lowest BCUT2D eigenvalue weighted by Gasteiger charge is -2.32. The first kappa shape index (κ1) is 9.27. The molecule has 0 spiro atoms. The van der Waals surface area contributed by atoms with E-state index in [1.54, 1.807) is 6.07 Å². The van der Waals surface area contributed by atoms with Crippen molar-refractivity contribution in [3.05, 3.63) is 24.2 Å². The molecule has 0 radical (unpaired) electrons. The zero-order chi connectivity index (χ0) is 9.97. The molecule has 1 aromatic heterocycles. The van der Waals surface area contributed by atoms with Crippen LogP contribution in [0.5, 0.6) is 0 Å². The molecule has 0 atom stereocenters. The van der Waals surface area contributed by atoms with Crippen LogP contribution in [0.1, 0.15) is 23.2 Å². The van der Waals surface area contributed by atoms with Crippen LogP contribution in [0.4, 0.5) is 0 Å². The summed E-state index contributed by atoms with van der Waals surface area (Å²) < 4.78 is 4.82. The van der Waals surface area contributed by atoms with Gasteiger partial charge in [0, 0.05) is 12.6 Å². The van der Waals surface area contributed by atoms with Crippen molar-refractivity contribution in [3.63, 3.8) is 0 Å². The summed E-state index contributed by atoms with van der Waals surface area (Å²) in [4.78, 5) is 11.4. The highest BCUT2D eigenvalue weighted by atomic mass is 16.3. The number of carbonyl (C=O) groups is 1. The first-order valence-electron chi connectivity index (χ1n) is 4.81. The smallest absolute Gasteiger partial charge is 0.254 e. The van der Waals surface area contributed by atoms with Gasteiger partial charge in [0.1, 0.15) is 6.26 Å².